The molecule has 0 unspecified atom stereocenters. The van der Waals surface area contributed by atoms with Gasteiger partial charge in [0, 0.05) is 43.8 Å². The molecule has 38 heavy (non-hydrogen) atoms. The maximum Gasteiger partial charge on any atom is 0.0647 e. The van der Waals surface area contributed by atoms with Crippen LogP contribution in [0.2, 0.25) is 0 Å². The fraction of sp³-hybridized carbons (Fsp3) is 0.235. The second-order valence-corrected chi connectivity index (χ2v) is 12.3. The smallest absolute Gasteiger partial charge is 0.0647 e. The van der Waals surface area contributed by atoms with Gasteiger partial charge in [0.1, 0.15) is 0 Å². The quantitative estimate of drug-likeness (QED) is 0.224. The van der Waals surface area contributed by atoms with Crippen LogP contribution in [-0.2, 0) is 11.0 Å². The summed E-state index contributed by atoms with van der Waals surface area (Å²) in [6, 6.07) is 35.0. The molecule has 0 fully saturated rings. The highest BCUT2D eigenvalue weighted by Crippen LogP contribution is 2.43. The molecule has 1 heterocycles. The zero-order valence-corrected chi connectivity index (χ0v) is 24.0. The van der Waals surface area contributed by atoms with Crippen LogP contribution in [0.25, 0.3) is 10.1 Å². The third-order valence-electron chi connectivity index (χ3n) is 7.32. The molecule has 4 aromatic carbocycles. The summed E-state index contributed by atoms with van der Waals surface area (Å²) in [7, 11) is 2.01. The van der Waals surface area contributed by atoms with Crippen LogP contribution in [0.1, 0.15) is 45.7 Å². The van der Waals surface area contributed by atoms with Gasteiger partial charge in [0.2, 0.25) is 0 Å². The van der Waals surface area contributed by atoms with Crippen LogP contribution in [0.3, 0.4) is 0 Å². The Labute approximate surface area is 231 Å². The minimum atomic E-state index is -0.0924. The molecule has 0 aliphatic heterocycles. The fourth-order valence-corrected chi connectivity index (χ4v) is 5.61. The lowest BCUT2D eigenvalue weighted by atomic mass is 9.87. The molecule has 1 aromatic heterocycles. The third-order valence-corrected chi connectivity index (χ3v) is 8.27. The zero-order chi connectivity index (χ0) is 26.9. The molecule has 5 rings (SSSR count). The minimum Gasteiger partial charge on any atom is -0.355 e. The van der Waals surface area contributed by atoms with E-state index < -0.39 is 0 Å². The van der Waals surface area contributed by atoms with Crippen molar-refractivity contribution < 1.29 is 0 Å². The fourth-order valence-electron chi connectivity index (χ4n) is 4.68. The van der Waals surface area contributed by atoms with Crippen LogP contribution in [0.15, 0.2) is 102 Å². The van der Waals surface area contributed by atoms with E-state index in [1.807, 2.05) is 7.05 Å². The van der Waals surface area contributed by atoms with Crippen molar-refractivity contribution in [2.24, 2.45) is 0 Å². The van der Waals surface area contributed by atoms with Crippen LogP contribution < -0.4 is 15.5 Å². The van der Waals surface area contributed by atoms with Crippen molar-refractivity contribution in [1.82, 2.24) is 5.32 Å². The molecule has 0 atom stereocenters. The Balaban J connectivity index is 1.54. The number of fused-ring (bicyclic) bond motifs is 1. The van der Waals surface area contributed by atoms with Crippen LogP contribution in [0.5, 0.6) is 0 Å². The van der Waals surface area contributed by atoms with Gasteiger partial charge >= 0.3 is 0 Å². The largest absolute Gasteiger partial charge is 0.355 e. The summed E-state index contributed by atoms with van der Waals surface area (Å²) in [6.07, 6.45) is 0. The van der Waals surface area contributed by atoms with Crippen molar-refractivity contribution in [3.8, 4) is 0 Å². The number of benzene rings is 4. The molecule has 0 bridgehead atoms. The van der Waals surface area contributed by atoms with Gasteiger partial charge in [-0.25, -0.2) is 0 Å². The Hall–Kier alpha value is -3.60. The number of anilines is 5. The summed E-state index contributed by atoms with van der Waals surface area (Å²) in [4.78, 5) is 2.36. The lowest BCUT2D eigenvalue weighted by Crippen LogP contribution is -2.33. The van der Waals surface area contributed by atoms with Gasteiger partial charge in [0.15, 0.2) is 0 Å². The molecular formula is C34H37N3S. The number of hydrogen-bond acceptors (Lipinski definition) is 4. The lowest BCUT2D eigenvalue weighted by Gasteiger charge is -2.28. The summed E-state index contributed by atoms with van der Waals surface area (Å²) >= 11 is 1.79. The zero-order valence-electron chi connectivity index (χ0n) is 23.2. The molecule has 4 heteroatoms. The predicted molar refractivity (Wildman–Crippen MR) is 167 cm³/mol. The van der Waals surface area contributed by atoms with E-state index in [2.05, 4.69) is 153 Å². The predicted octanol–water partition coefficient (Wildman–Crippen LogP) is 9.87. The van der Waals surface area contributed by atoms with Crippen molar-refractivity contribution >= 4 is 49.9 Å². The Bertz CT molecular complexity index is 1520. The van der Waals surface area contributed by atoms with Crippen molar-refractivity contribution in [3.05, 3.63) is 114 Å². The molecule has 3 nitrogen and oxygen atoms in total. The SMILES string of the molecule is CNC(C)(C)c1ccc(N(c2cccc(Nc3ccc(C(C)(C)C)cc3)c2)c2csc3ccccc23)cc1. The summed E-state index contributed by atoms with van der Waals surface area (Å²) in [5, 5.41) is 10.6. The van der Waals surface area contributed by atoms with Gasteiger partial charge in [-0.3, -0.25) is 0 Å². The average molecular weight is 520 g/mol. The van der Waals surface area contributed by atoms with Gasteiger partial charge in [-0.2, -0.15) is 0 Å². The third kappa shape index (κ3) is 5.33. The van der Waals surface area contributed by atoms with Crippen molar-refractivity contribution in [1.29, 1.82) is 0 Å². The van der Waals surface area contributed by atoms with Crippen molar-refractivity contribution in [2.45, 2.75) is 45.6 Å². The first kappa shape index (κ1) is 26.0. The average Bonchev–Trinajstić information content (AvgIpc) is 3.33. The molecule has 2 N–H and O–H groups in total. The number of hydrogen-bond donors (Lipinski definition) is 2. The highest BCUT2D eigenvalue weighted by atomic mass is 32.1. The summed E-state index contributed by atoms with van der Waals surface area (Å²) < 4.78 is 1.29. The van der Waals surface area contributed by atoms with Gasteiger partial charge < -0.3 is 15.5 Å². The van der Waals surface area contributed by atoms with Crippen LogP contribution >= 0.6 is 11.3 Å². The molecule has 0 aliphatic carbocycles. The van der Waals surface area contributed by atoms with Crippen LogP contribution in [-0.4, -0.2) is 7.05 Å². The van der Waals surface area contributed by atoms with Gasteiger partial charge in [0.05, 0.1) is 5.69 Å². The van der Waals surface area contributed by atoms with Crippen molar-refractivity contribution in [3.63, 3.8) is 0 Å². The standard InChI is InChI=1S/C34H37N3S/c1-33(2,3)24-14-18-26(19-15-24)36-27-10-9-11-29(22-27)37(31-23-38-32-13-8-7-12-30(31)32)28-20-16-25(17-21-28)34(4,5)35-6/h7-23,35-36H,1-6H3. The first-order chi connectivity index (χ1) is 18.2. The van der Waals surface area contributed by atoms with Gasteiger partial charge in [-0.15, -0.1) is 11.3 Å². The van der Waals surface area contributed by atoms with E-state index in [-0.39, 0.29) is 11.0 Å². The summed E-state index contributed by atoms with van der Waals surface area (Å²) in [5.41, 5.74) is 8.22. The first-order valence-corrected chi connectivity index (χ1v) is 14.1. The molecule has 0 saturated heterocycles. The Morgan fingerprint density at radius 2 is 1.34 bits per heavy atom. The molecule has 0 saturated carbocycles. The molecule has 194 valence electrons. The lowest BCUT2D eigenvalue weighted by molar-refractivity contribution is 0.445. The van der Waals surface area contributed by atoms with Crippen LogP contribution in [0.4, 0.5) is 28.4 Å². The second kappa shape index (κ2) is 10.3. The normalized spacial score (nSPS) is 12.1. The van der Waals surface area contributed by atoms with Gasteiger partial charge in [0.25, 0.3) is 0 Å². The number of nitrogens with zero attached hydrogens (tertiary/aromatic N) is 1. The maximum absolute atomic E-state index is 3.62. The van der Waals surface area contributed by atoms with E-state index in [0.29, 0.717) is 0 Å². The number of nitrogens with one attached hydrogen (secondary N) is 2. The van der Waals surface area contributed by atoms with Gasteiger partial charge in [-0.05, 0) is 86.0 Å². The van der Waals surface area contributed by atoms with E-state index in [0.717, 1.165) is 22.7 Å². The Morgan fingerprint density at radius 3 is 2.03 bits per heavy atom. The molecular weight excluding hydrogens is 482 g/mol. The molecule has 5 aromatic rings. The monoisotopic (exact) mass is 519 g/mol. The van der Waals surface area contributed by atoms with E-state index in [4.69, 9.17) is 0 Å². The molecule has 0 spiro atoms. The highest BCUT2D eigenvalue weighted by Gasteiger charge is 2.21. The first-order valence-electron chi connectivity index (χ1n) is 13.2. The topological polar surface area (TPSA) is 27.3 Å². The van der Waals surface area contributed by atoms with E-state index in [9.17, 15) is 0 Å². The molecule has 0 aliphatic rings. The molecule has 0 radical (unpaired) electrons. The number of thiophene rings is 1. The highest BCUT2D eigenvalue weighted by molar-refractivity contribution is 7.17. The van der Waals surface area contributed by atoms with Crippen LogP contribution in [0, 0.1) is 0 Å². The van der Waals surface area contributed by atoms with E-state index >= 15 is 0 Å². The van der Waals surface area contributed by atoms with Gasteiger partial charge in [-0.1, -0.05) is 69.3 Å². The van der Waals surface area contributed by atoms with E-state index in [1.54, 1.807) is 11.3 Å². The summed E-state index contributed by atoms with van der Waals surface area (Å²) in [5.74, 6) is 0. The Morgan fingerprint density at radius 1 is 0.658 bits per heavy atom. The summed E-state index contributed by atoms with van der Waals surface area (Å²) in [6.45, 7) is 11.1. The Kier molecular flexibility index (Phi) is 7.04. The number of rotatable bonds is 7. The minimum absolute atomic E-state index is 0.0924. The van der Waals surface area contributed by atoms with Crippen molar-refractivity contribution in [2.75, 3.05) is 17.3 Å². The molecule has 0 amide bonds. The maximum atomic E-state index is 3.62. The second-order valence-electron chi connectivity index (χ2n) is 11.4. The van der Waals surface area contributed by atoms with E-state index in [1.165, 1.54) is 26.9 Å².